The molecule has 2 aliphatic heterocycles. The number of fused-ring (bicyclic) bond motifs is 1. The molecule has 0 saturated carbocycles. The van der Waals surface area contributed by atoms with Gasteiger partial charge in [0.25, 0.3) is 0 Å². The molecule has 0 aliphatic carbocycles. The first-order valence-electron chi connectivity index (χ1n) is 15.7. The summed E-state index contributed by atoms with van der Waals surface area (Å²) in [6.07, 6.45) is 10.5. The SMILES string of the molecule is C=Cc1cc(Nc2ncc(Br)c(Nc3ccc4nccnc4c3P(C)C)n2)c(OC)nc1N1CCC(N2CCCN(C)CC2)CC1. The van der Waals surface area contributed by atoms with Crippen molar-refractivity contribution < 1.29 is 4.74 Å². The summed E-state index contributed by atoms with van der Waals surface area (Å²) in [4.78, 5) is 30.9. The number of methoxy groups -OCH3 is 1. The molecular weight excluding hydrogens is 663 g/mol. The Hall–Kier alpha value is -3.44. The number of aromatic nitrogens is 5. The molecule has 4 aromatic rings. The molecule has 13 heteroatoms. The maximum absolute atomic E-state index is 5.78. The van der Waals surface area contributed by atoms with E-state index in [0.29, 0.717) is 29.4 Å². The number of ether oxygens (including phenoxy) is 1. The zero-order chi connectivity index (χ0) is 32.2. The van der Waals surface area contributed by atoms with Crippen molar-refractivity contribution in [1.82, 2.24) is 34.7 Å². The highest BCUT2D eigenvalue weighted by Gasteiger charge is 2.28. The zero-order valence-electron chi connectivity index (χ0n) is 27.0. The summed E-state index contributed by atoms with van der Waals surface area (Å²) >= 11 is 3.63. The Bertz CT molecular complexity index is 1700. The second kappa shape index (κ2) is 14.5. The number of hydrogen-bond donors (Lipinski definition) is 2. The molecule has 0 bridgehead atoms. The van der Waals surface area contributed by atoms with Gasteiger partial charge in [0.2, 0.25) is 11.8 Å². The topological polar surface area (TPSA) is 107 Å². The molecule has 3 aromatic heterocycles. The van der Waals surface area contributed by atoms with E-state index in [1.54, 1.807) is 25.7 Å². The summed E-state index contributed by atoms with van der Waals surface area (Å²) in [6.45, 7) is 15.1. The number of pyridine rings is 1. The van der Waals surface area contributed by atoms with E-state index in [9.17, 15) is 0 Å². The number of halogens is 1. The molecule has 0 atom stereocenters. The van der Waals surface area contributed by atoms with Crippen LogP contribution in [0.4, 0.5) is 29.0 Å². The first-order valence-corrected chi connectivity index (χ1v) is 18.7. The van der Waals surface area contributed by atoms with Crippen LogP contribution in [0.15, 0.2) is 47.8 Å². The maximum Gasteiger partial charge on any atom is 0.239 e. The molecule has 0 radical (unpaired) electrons. The molecule has 1 aromatic carbocycles. The summed E-state index contributed by atoms with van der Waals surface area (Å²) in [5.41, 5.74) is 4.33. The van der Waals surface area contributed by atoms with Crippen LogP contribution in [0.25, 0.3) is 17.1 Å². The molecule has 0 spiro atoms. The van der Waals surface area contributed by atoms with Crippen molar-refractivity contribution in [3.05, 3.63) is 53.4 Å². The Labute approximate surface area is 280 Å². The van der Waals surface area contributed by atoms with Gasteiger partial charge in [-0.25, -0.2) is 4.98 Å². The third kappa shape index (κ3) is 7.10. The lowest BCUT2D eigenvalue weighted by Crippen LogP contribution is -2.46. The smallest absolute Gasteiger partial charge is 0.239 e. The zero-order valence-corrected chi connectivity index (χ0v) is 29.5. The summed E-state index contributed by atoms with van der Waals surface area (Å²) in [5, 5.41) is 7.99. The standard InChI is InChI=1S/C33H42BrN10OP/c1-6-22-20-27(32(45-3)41-31(22)44-16-10-23(11-17-44)43-15-7-14-42(2)18-19-43)39-33-37-21-24(34)30(40-33)38-26-9-8-25-28(29(26)46(4)5)36-13-12-35-25/h6,8-9,12-13,20-21,23H,1,7,10-11,14-19H2,2-5H3,(H2,37,38,39,40). The molecule has 2 N–H and O–H groups in total. The number of benzene rings is 1. The van der Waals surface area contributed by atoms with E-state index < -0.39 is 7.92 Å². The van der Waals surface area contributed by atoms with Crippen molar-refractivity contribution >= 4 is 75.2 Å². The van der Waals surface area contributed by atoms with Crippen molar-refractivity contribution in [1.29, 1.82) is 0 Å². The third-order valence-electron chi connectivity index (χ3n) is 8.75. The van der Waals surface area contributed by atoms with E-state index in [-0.39, 0.29) is 0 Å². The number of anilines is 5. The van der Waals surface area contributed by atoms with E-state index in [0.717, 1.165) is 76.9 Å². The number of piperidine rings is 1. The van der Waals surface area contributed by atoms with Crippen LogP contribution < -0.4 is 25.6 Å². The van der Waals surface area contributed by atoms with Gasteiger partial charge >= 0.3 is 0 Å². The van der Waals surface area contributed by atoms with Crippen molar-refractivity contribution in [2.75, 3.05) is 82.3 Å². The van der Waals surface area contributed by atoms with Crippen LogP contribution in [-0.4, -0.2) is 108 Å². The Morgan fingerprint density at radius 1 is 0.978 bits per heavy atom. The van der Waals surface area contributed by atoms with Crippen LogP contribution in [0.3, 0.4) is 0 Å². The molecule has 0 unspecified atom stereocenters. The van der Waals surface area contributed by atoms with Crippen LogP contribution in [0, 0.1) is 0 Å². The van der Waals surface area contributed by atoms with Gasteiger partial charge in [-0.2, -0.15) is 9.97 Å². The largest absolute Gasteiger partial charge is 0.479 e. The van der Waals surface area contributed by atoms with Crippen molar-refractivity contribution in [2.24, 2.45) is 0 Å². The number of nitrogens with one attached hydrogen (secondary N) is 2. The highest BCUT2D eigenvalue weighted by molar-refractivity contribution is 9.10. The molecule has 0 amide bonds. The molecule has 11 nitrogen and oxygen atoms in total. The van der Waals surface area contributed by atoms with Crippen LogP contribution in [0.5, 0.6) is 5.88 Å². The maximum atomic E-state index is 5.78. The summed E-state index contributed by atoms with van der Waals surface area (Å²) < 4.78 is 6.52. The van der Waals surface area contributed by atoms with Gasteiger partial charge in [0, 0.05) is 67.4 Å². The van der Waals surface area contributed by atoms with Gasteiger partial charge in [-0.3, -0.25) is 14.9 Å². The van der Waals surface area contributed by atoms with E-state index in [1.165, 1.54) is 19.5 Å². The molecule has 6 rings (SSSR count). The second-order valence-corrected chi connectivity index (χ2v) is 15.1. The van der Waals surface area contributed by atoms with Gasteiger partial charge in [-0.1, -0.05) is 20.6 Å². The fraction of sp³-hybridized carbons (Fsp3) is 0.424. The minimum Gasteiger partial charge on any atom is -0.479 e. The predicted octanol–water partition coefficient (Wildman–Crippen LogP) is 5.69. The first-order chi connectivity index (χ1) is 22.3. The lowest BCUT2D eigenvalue weighted by Gasteiger charge is -2.39. The van der Waals surface area contributed by atoms with Crippen LogP contribution in [-0.2, 0) is 0 Å². The summed E-state index contributed by atoms with van der Waals surface area (Å²) in [5.74, 6) is 2.42. The summed E-state index contributed by atoms with van der Waals surface area (Å²) in [6, 6.07) is 6.65. The van der Waals surface area contributed by atoms with E-state index >= 15 is 0 Å². The second-order valence-electron chi connectivity index (χ2n) is 12.0. The number of rotatable bonds is 9. The number of likely N-dealkylation sites (N-methyl/N-ethyl adjacent to an activating group) is 1. The highest BCUT2D eigenvalue weighted by Crippen LogP contribution is 2.36. The fourth-order valence-corrected chi connectivity index (χ4v) is 7.86. The fourth-order valence-electron chi connectivity index (χ4n) is 6.36. The molecule has 2 saturated heterocycles. The van der Waals surface area contributed by atoms with Gasteiger partial charge in [0.05, 0.1) is 22.6 Å². The lowest BCUT2D eigenvalue weighted by atomic mass is 10.0. The highest BCUT2D eigenvalue weighted by atomic mass is 79.9. The van der Waals surface area contributed by atoms with Crippen LogP contribution in [0.1, 0.15) is 24.8 Å². The summed E-state index contributed by atoms with van der Waals surface area (Å²) in [7, 11) is 3.38. The lowest BCUT2D eigenvalue weighted by molar-refractivity contribution is 0.174. The molecule has 46 heavy (non-hydrogen) atoms. The van der Waals surface area contributed by atoms with Gasteiger partial charge in [-0.05, 0) is 86.9 Å². The monoisotopic (exact) mass is 704 g/mol. The molecule has 2 fully saturated rings. The molecule has 5 heterocycles. The van der Waals surface area contributed by atoms with Gasteiger partial charge in [0.1, 0.15) is 17.3 Å². The molecule has 2 aliphatic rings. The molecular formula is C33H42BrN10OP. The van der Waals surface area contributed by atoms with E-state index in [1.807, 2.05) is 24.3 Å². The van der Waals surface area contributed by atoms with Crippen molar-refractivity contribution in [3.63, 3.8) is 0 Å². The van der Waals surface area contributed by atoms with Gasteiger partial charge in [-0.15, -0.1) is 0 Å². The van der Waals surface area contributed by atoms with Crippen LogP contribution >= 0.6 is 23.9 Å². The van der Waals surface area contributed by atoms with Gasteiger partial charge < -0.3 is 25.2 Å². The van der Waals surface area contributed by atoms with E-state index in [2.05, 4.69) is 83.2 Å². The Kier molecular flexibility index (Phi) is 10.3. The minimum absolute atomic E-state index is 0.412. The predicted molar refractivity (Wildman–Crippen MR) is 194 cm³/mol. The minimum atomic E-state index is -0.481. The Morgan fingerprint density at radius 3 is 2.54 bits per heavy atom. The third-order valence-corrected chi connectivity index (χ3v) is 10.7. The van der Waals surface area contributed by atoms with Crippen molar-refractivity contribution in [3.8, 4) is 5.88 Å². The molecule has 242 valence electrons. The average Bonchev–Trinajstić information content (AvgIpc) is 3.30. The Balaban J connectivity index is 1.21. The van der Waals surface area contributed by atoms with E-state index in [4.69, 9.17) is 14.7 Å². The number of nitrogens with zero attached hydrogens (tertiary/aromatic N) is 8. The van der Waals surface area contributed by atoms with Crippen molar-refractivity contribution in [2.45, 2.75) is 25.3 Å². The van der Waals surface area contributed by atoms with Crippen LogP contribution in [0.2, 0.25) is 0 Å². The van der Waals surface area contributed by atoms with Gasteiger partial charge in [0.15, 0.2) is 0 Å². The Morgan fingerprint density at radius 2 is 1.78 bits per heavy atom. The normalized spacial score (nSPS) is 16.9. The average molecular weight is 706 g/mol. The quantitative estimate of drug-likeness (QED) is 0.210. The number of hydrogen-bond acceptors (Lipinski definition) is 11. The first kappa shape index (κ1) is 32.5.